The van der Waals surface area contributed by atoms with Gasteiger partial charge < -0.3 is 11.1 Å². The Kier molecular flexibility index (Phi) is 3.11. The highest BCUT2D eigenvalue weighted by Crippen LogP contribution is 2.38. The highest BCUT2D eigenvalue weighted by molar-refractivity contribution is 7.80. The lowest BCUT2D eigenvalue weighted by Gasteiger charge is -2.13. The molecule has 0 radical (unpaired) electrons. The number of anilines is 1. The maximum Gasteiger partial charge on any atom is 0.107 e. The number of nitrogens with one attached hydrogen (secondary N) is 1. The van der Waals surface area contributed by atoms with Crippen LogP contribution in [-0.4, -0.2) is 16.5 Å². The van der Waals surface area contributed by atoms with Crippen molar-refractivity contribution in [3.63, 3.8) is 0 Å². The van der Waals surface area contributed by atoms with Gasteiger partial charge in [-0.3, -0.25) is 4.98 Å². The Balaban J connectivity index is 2.01. The molecular weight excluding hydrogens is 254 g/mol. The Morgan fingerprint density at radius 2 is 2.21 bits per heavy atom. The van der Waals surface area contributed by atoms with Crippen molar-refractivity contribution in [2.45, 2.75) is 13.3 Å². The summed E-state index contributed by atoms with van der Waals surface area (Å²) in [6.07, 6.45) is 3.07. The smallest absolute Gasteiger partial charge is 0.107 e. The van der Waals surface area contributed by atoms with Crippen molar-refractivity contribution in [1.82, 2.24) is 4.98 Å². The van der Waals surface area contributed by atoms with E-state index >= 15 is 0 Å². The predicted molar refractivity (Wildman–Crippen MR) is 83.4 cm³/mol. The summed E-state index contributed by atoms with van der Waals surface area (Å²) in [6, 6.07) is 8.06. The molecule has 4 heteroatoms. The fourth-order valence-corrected chi connectivity index (χ4v) is 2.59. The second-order valence-corrected chi connectivity index (χ2v) is 5.72. The number of benzene rings is 1. The van der Waals surface area contributed by atoms with E-state index in [1.165, 1.54) is 6.42 Å². The zero-order chi connectivity index (χ0) is 13.4. The average molecular weight is 271 g/mol. The molecule has 3 N–H and O–H groups in total. The molecule has 2 unspecified atom stereocenters. The second-order valence-electron chi connectivity index (χ2n) is 5.28. The lowest BCUT2D eigenvalue weighted by molar-refractivity contribution is 0.787. The molecule has 0 aliphatic heterocycles. The highest BCUT2D eigenvalue weighted by Gasteiger charge is 2.32. The summed E-state index contributed by atoms with van der Waals surface area (Å²) >= 11 is 5.13. The zero-order valence-electron chi connectivity index (χ0n) is 10.9. The van der Waals surface area contributed by atoms with Crippen LogP contribution in [-0.2, 0) is 0 Å². The van der Waals surface area contributed by atoms with Crippen molar-refractivity contribution in [2.24, 2.45) is 17.6 Å². The zero-order valence-corrected chi connectivity index (χ0v) is 11.7. The third kappa shape index (κ3) is 2.40. The normalized spacial score (nSPS) is 21.3. The van der Waals surface area contributed by atoms with Crippen LogP contribution in [0.5, 0.6) is 0 Å². The van der Waals surface area contributed by atoms with E-state index in [4.69, 9.17) is 18.0 Å². The van der Waals surface area contributed by atoms with Gasteiger partial charge in [0.1, 0.15) is 4.99 Å². The minimum absolute atomic E-state index is 0.393. The van der Waals surface area contributed by atoms with Crippen LogP contribution in [0, 0.1) is 11.8 Å². The molecule has 1 aliphatic rings. The first-order chi connectivity index (χ1) is 9.16. The molecule has 0 saturated heterocycles. The molecule has 1 aliphatic carbocycles. The third-order valence-electron chi connectivity index (χ3n) is 3.86. The number of hydrogen-bond acceptors (Lipinski definition) is 3. The first-order valence-corrected chi connectivity index (χ1v) is 6.99. The second kappa shape index (κ2) is 4.78. The van der Waals surface area contributed by atoms with E-state index in [-0.39, 0.29) is 0 Å². The van der Waals surface area contributed by atoms with Gasteiger partial charge in [-0.1, -0.05) is 37.3 Å². The number of nitrogens with zero attached hydrogens (tertiary/aromatic N) is 1. The van der Waals surface area contributed by atoms with Gasteiger partial charge in [-0.15, -0.1) is 0 Å². The molecule has 1 saturated carbocycles. The maximum absolute atomic E-state index is 5.81. The van der Waals surface area contributed by atoms with Gasteiger partial charge in [0.25, 0.3) is 0 Å². The molecule has 2 atom stereocenters. The summed E-state index contributed by atoms with van der Waals surface area (Å²) < 4.78 is 0. The molecular formula is C15H17N3S. The van der Waals surface area contributed by atoms with Crippen LogP contribution in [0.15, 0.2) is 30.5 Å². The van der Waals surface area contributed by atoms with Crippen LogP contribution in [0.25, 0.3) is 10.9 Å². The molecule has 1 fully saturated rings. The molecule has 1 aromatic carbocycles. The SMILES string of the molecule is CC1CC1CNc1c(C(N)=S)cnc2ccccc12. The number of pyridine rings is 1. The van der Waals surface area contributed by atoms with E-state index in [0.717, 1.165) is 40.5 Å². The Hall–Kier alpha value is -1.68. The van der Waals surface area contributed by atoms with Gasteiger partial charge in [0.15, 0.2) is 0 Å². The summed E-state index contributed by atoms with van der Waals surface area (Å²) in [4.78, 5) is 4.81. The van der Waals surface area contributed by atoms with Crippen LogP contribution in [0.4, 0.5) is 5.69 Å². The summed E-state index contributed by atoms with van der Waals surface area (Å²) in [5.74, 6) is 1.60. The van der Waals surface area contributed by atoms with Crippen LogP contribution < -0.4 is 11.1 Å². The van der Waals surface area contributed by atoms with Crippen LogP contribution in [0.1, 0.15) is 18.9 Å². The quantitative estimate of drug-likeness (QED) is 0.840. The number of para-hydroxylation sites is 1. The Bertz CT molecular complexity index is 638. The molecule has 98 valence electrons. The molecule has 19 heavy (non-hydrogen) atoms. The fraction of sp³-hybridized carbons (Fsp3) is 0.333. The monoisotopic (exact) mass is 271 g/mol. The number of fused-ring (bicyclic) bond motifs is 1. The fourth-order valence-electron chi connectivity index (χ4n) is 2.44. The first-order valence-electron chi connectivity index (χ1n) is 6.58. The molecule has 1 heterocycles. The molecule has 2 aromatic rings. The van der Waals surface area contributed by atoms with Crippen LogP contribution >= 0.6 is 12.2 Å². The maximum atomic E-state index is 5.81. The molecule has 1 aromatic heterocycles. The van der Waals surface area contributed by atoms with Crippen molar-refractivity contribution >= 4 is 33.8 Å². The Morgan fingerprint density at radius 3 is 2.89 bits per heavy atom. The van der Waals surface area contributed by atoms with Gasteiger partial charge in [-0.2, -0.15) is 0 Å². The lowest BCUT2D eigenvalue weighted by Crippen LogP contribution is -2.15. The van der Waals surface area contributed by atoms with E-state index < -0.39 is 0 Å². The predicted octanol–water partition coefficient (Wildman–Crippen LogP) is 2.94. The van der Waals surface area contributed by atoms with E-state index in [1.54, 1.807) is 6.20 Å². The van der Waals surface area contributed by atoms with Gasteiger partial charge in [0.2, 0.25) is 0 Å². The number of hydrogen-bond donors (Lipinski definition) is 2. The molecule has 0 spiro atoms. The largest absolute Gasteiger partial charge is 0.389 e. The summed E-state index contributed by atoms with van der Waals surface area (Å²) in [5, 5.41) is 4.61. The minimum atomic E-state index is 0.393. The summed E-state index contributed by atoms with van der Waals surface area (Å²) in [7, 11) is 0. The van der Waals surface area contributed by atoms with Crippen molar-refractivity contribution in [3.8, 4) is 0 Å². The van der Waals surface area contributed by atoms with Gasteiger partial charge in [0, 0.05) is 18.1 Å². The van der Waals surface area contributed by atoms with E-state index in [1.807, 2.05) is 18.2 Å². The number of nitrogens with two attached hydrogens (primary N) is 1. The van der Waals surface area contributed by atoms with Gasteiger partial charge in [-0.25, -0.2) is 0 Å². The molecule has 0 amide bonds. The lowest BCUT2D eigenvalue weighted by atomic mass is 10.1. The van der Waals surface area contributed by atoms with Gasteiger partial charge in [0.05, 0.1) is 16.8 Å². The standard InChI is InChI=1S/C15H17N3S/c1-9-6-10(9)7-18-14-11-4-2-3-5-13(11)17-8-12(14)15(16)19/h2-5,8-10H,6-7H2,1H3,(H2,16,19)(H,17,18). The Labute approximate surface area is 118 Å². The first kappa shape index (κ1) is 12.4. The summed E-state index contributed by atoms with van der Waals surface area (Å²) in [5.41, 5.74) is 8.63. The third-order valence-corrected chi connectivity index (χ3v) is 4.08. The summed E-state index contributed by atoms with van der Waals surface area (Å²) in [6.45, 7) is 3.26. The minimum Gasteiger partial charge on any atom is -0.389 e. The van der Waals surface area contributed by atoms with Crippen molar-refractivity contribution < 1.29 is 0 Å². The van der Waals surface area contributed by atoms with Gasteiger partial charge in [-0.05, 0) is 24.3 Å². The van der Waals surface area contributed by atoms with E-state index in [2.05, 4.69) is 23.3 Å². The average Bonchev–Trinajstić information content (AvgIpc) is 3.11. The van der Waals surface area contributed by atoms with Crippen molar-refractivity contribution in [1.29, 1.82) is 0 Å². The highest BCUT2D eigenvalue weighted by atomic mass is 32.1. The topological polar surface area (TPSA) is 50.9 Å². The van der Waals surface area contributed by atoms with Crippen molar-refractivity contribution in [3.05, 3.63) is 36.0 Å². The van der Waals surface area contributed by atoms with Gasteiger partial charge >= 0.3 is 0 Å². The van der Waals surface area contributed by atoms with Crippen LogP contribution in [0.3, 0.4) is 0 Å². The van der Waals surface area contributed by atoms with E-state index in [0.29, 0.717) is 4.99 Å². The molecule has 3 nitrogen and oxygen atoms in total. The number of thiocarbonyl (C=S) groups is 1. The number of aromatic nitrogens is 1. The Morgan fingerprint density at radius 1 is 1.47 bits per heavy atom. The van der Waals surface area contributed by atoms with E-state index in [9.17, 15) is 0 Å². The molecule has 3 rings (SSSR count). The molecule has 0 bridgehead atoms. The van der Waals surface area contributed by atoms with Crippen LogP contribution in [0.2, 0.25) is 0 Å². The number of rotatable bonds is 4. The van der Waals surface area contributed by atoms with Crippen molar-refractivity contribution in [2.75, 3.05) is 11.9 Å².